The third-order valence-corrected chi connectivity index (χ3v) is 2.87. The number of hydrogen-bond acceptors (Lipinski definition) is 3. The summed E-state index contributed by atoms with van der Waals surface area (Å²) in [4.78, 5) is 11.2. The molecule has 0 aliphatic carbocycles. The Bertz CT molecular complexity index is 348. The van der Waals surface area contributed by atoms with Gasteiger partial charge in [0.1, 0.15) is 13.6 Å². The maximum atomic E-state index is 11.2. The lowest BCUT2D eigenvalue weighted by molar-refractivity contribution is -0.140. The third-order valence-electron chi connectivity index (χ3n) is 2.87. The first-order valence-electron chi connectivity index (χ1n) is 5.88. The van der Waals surface area contributed by atoms with Crippen LogP contribution in [0.3, 0.4) is 0 Å². The highest BCUT2D eigenvalue weighted by molar-refractivity contribution is 6.22. The number of benzene rings is 1. The van der Waals surface area contributed by atoms with Crippen LogP contribution in [-0.2, 0) is 16.0 Å². The zero-order valence-electron chi connectivity index (χ0n) is 10.7. The Kier molecular flexibility index (Phi) is 5.60. The van der Waals surface area contributed by atoms with E-state index in [2.05, 4.69) is 16.9 Å². The Morgan fingerprint density at radius 3 is 2.47 bits per heavy atom. The van der Waals surface area contributed by atoms with Gasteiger partial charge in [-0.3, -0.25) is 4.79 Å². The smallest absolute Gasteiger partial charge is 0.300 e. The molecule has 1 unspecified atom stereocenters. The molecule has 1 aromatic carbocycles. The second-order valence-electron chi connectivity index (χ2n) is 4.16. The number of hydrogen-bond donors (Lipinski definition) is 0. The van der Waals surface area contributed by atoms with Crippen molar-refractivity contribution in [2.45, 2.75) is 25.1 Å². The number of ether oxygens (including phenoxy) is 2. The molecule has 0 aromatic heterocycles. The van der Waals surface area contributed by atoms with Gasteiger partial charge >= 0.3 is 0 Å². The molecule has 0 aliphatic rings. The van der Waals surface area contributed by atoms with E-state index >= 15 is 0 Å². The van der Waals surface area contributed by atoms with Gasteiger partial charge in [0.2, 0.25) is 0 Å². The average molecular weight is 234 g/mol. The fourth-order valence-electron chi connectivity index (χ4n) is 1.72. The fourth-order valence-corrected chi connectivity index (χ4v) is 1.72. The van der Waals surface area contributed by atoms with Crippen LogP contribution < -0.4 is 4.74 Å². The van der Waals surface area contributed by atoms with Crippen LogP contribution in [0.15, 0.2) is 24.3 Å². The molecule has 92 valence electrons. The number of aryl methyl sites for hydroxylation is 1. The van der Waals surface area contributed by atoms with Crippen molar-refractivity contribution in [1.82, 2.24) is 0 Å². The lowest BCUT2D eigenvalue weighted by Gasteiger charge is -2.08. The molecule has 0 saturated heterocycles. The SMILES string of the molecule is BC(CCCc1ccc(OC)cc1)C(=O)OC. The van der Waals surface area contributed by atoms with Crippen LogP contribution in [0.1, 0.15) is 18.4 Å². The minimum Gasteiger partial charge on any atom is -0.497 e. The first-order valence-corrected chi connectivity index (χ1v) is 5.88. The van der Waals surface area contributed by atoms with Gasteiger partial charge in [-0.15, -0.1) is 0 Å². The van der Waals surface area contributed by atoms with Crippen LogP contribution in [0.2, 0.25) is 5.82 Å². The van der Waals surface area contributed by atoms with Crippen molar-refractivity contribution in [1.29, 1.82) is 0 Å². The van der Waals surface area contributed by atoms with Gasteiger partial charge in [-0.25, -0.2) is 0 Å². The number of methoxy groups -OCH3 is 2. The molecule has 0 N–H and O–H groups in total. The normalized spacial score (nSPS) is 11.9. The van der Waals surface area contributed by atoms with Gasteiger partial charge in [-0.2, -0.15) is 0 Å². The van der Waals surface area contributed by atoms with E-state index in [4.69, 9.17) is 4.74 Å². The van der Waals surface area contributed by atoms with Crippen molar-refractivity contribution in [3.8, 4) is 5.75 Å². The van der Waals surface area contributed by atoms with E-state index in [1.165, 1.54) is 12.7 Å². The maximum absolute atomic E-state index is 11.2. The molecule has 0 amide bonds. The highest BCUT2D eigenvalue weighted by Gasteiger charge is 2.12. The largest absolute Gasteiger partial charge is 0.497 e. The summed E-state index contributed by atoms with van der Waals surface area (Å²) in [7, 11) is 5.00. The zero-order chi connectivity index (χ0) is 12.7. The molecule has 1 rings (SSSR count). The molecule has 0 heterocycles. The first-order chi connectivity index (χ1) is 8.17. The Morgan fingerprint density at radius 2 is 1.94 bits per heavy atom. The summed E-state index contributed by atoms with van der Waals surface area (Å²) in [6.45, 7) is 0. The lowest BCUT2D eigenvalue weighted by Crippen LogP contribution is -2.10. The molecule has 0 aliphatic heterocycles. The minimum atomic E-state index is -0.125. The lowest BCUT2D eigenvalue weighted by atomic mass is 9.83. The molecule has 1 atom stereocenters. The summed E-state index contributed by atoms with van der Waals surface area (Å²) >= 11 is 0. The van der Waals surface area contributed by atoms with Crippen molar-refractivity contribution < 1.29 is 14.3 Å². The molecule has 3 nitrogen and oxygen atoms in total. The Morgan fingerprint density at radius 1 is 1.29 bits per heavy atom. The maximum Gasteiger partial charge on any atom is 0.300 e. The van der Waals surface area contributed by atoms with Crippen molar-refractivity contribution in [3.05, 3.63) is 29.8 Å². The molecule has 1 aromatic rings. The van der Waals surface area contributed by atoms with Gasteiger partial charge < -0.3 is 9.47 Å². The van der Waals surface area contributed by atoms with Crippen LogP contribution >= 0.6 is 0 Å². The van der Waals surface area contributed by atoms with E-state index < -0.39 is 0 Å². The van der Waals surface area contributed by atoms with E-state index in [1.54, 1.807) is 7.11 Å². The predicted molar refractivity (Wildman–Crippen MR) is 70.2 cm³/mol. The predicted octanol–water partition coefficient (Wildman–Crippen LogP) is 1.61. The molecule has 0 bridgehead atoms. The van der Waals surface area contributed by atoms with Gasteiger partial charge in [0, 0.05) is 5.82 Å². The molecule has 4 heteroatoms. The van der Waals surface area contributed by atoms with Crippen LogP contribution in [0.25, 0.3) is 0 Å². The molecular weight excluding hydrogens is 215 g/mol. The van der Waals surface area contributed by atoms with E-state index in [0.29, 0.717) is 0 Å². The van der Waals surface area contributed by atoms with Crippen LogP contribution in [0, 0.1) is 0 Å². The highest BCUT2D eigenvalue weighted by atomic mass is 16.5. The summed E-state index contributed by atoms with van der Waals surface area (Å²) in [5, 5.41) is 0. The topological polar surface area (TPSA) is 35.5 Å². The van der Waals surface area contributed by atoms with Crippen molar-refractivity contribution in [2.24, 2.45) is 0 Å². The fraction of sp³-hybridized carbons (Fsp3) is 0.462. The molecule has 17 heavy (non-hydrogen) atoms. The summed E-state index contributed by atoms with van der Waals surface area (Å²) in [5.41, 5.74) is 1.27. The molecule has 0 fully saturated rings. The van der Waals surface area contributed by atoms with E-state index in [0.717, 1.165) is 25.0 Å². The van der Waals surface area contributed by atoms with E-state index in [1.807, 2.05) is 20.0 Å². The number of carbonyl (C=O) groups is 1. The van der Waals surface area contributed by atoms with Gasteiger partial charge in [-0.1, -0.05) is 12.1 Å². The average Bonchev–Trinajstić information content (AvgIpc) is 2.38. The number of rotatable bonds is 6. The quantitative estimate of drug-likeness (QED) is 0.554. The van der Waals surface area contributed by atoms with Crippen LogP contribution in [-0.4, -0.2) is 28.0 Å². The van der Waals surface area contributed by atoms with E-state index in [-0.39, 0.29) is 11.8 Å². The van der Waals surface area contributed by atoms with Crippen molar-refractivity contribution >= 4 is 13.8 Å². The van der Waals surface area contributed by atoms with Gasteiger partial charge in [0.25, 0.3) is 5.97 Å². The molecule has 0 saturated carbocycles. The van der Waals surface area contributed by atoms with Crippen molar-refractivity contribution in [3.63, 3.8) is 0 Å². The number of carbonyl (C=O) groups excluding carboxylic acids is 1. The second kappa shape index (κ2) is 6.99. The summed E-state index contributed by atoms with van der Waals surface area (Å²) in [6, 6.07) is 8.03. The van der Waals surface area contributed by atoms with Gasteiger partial charge in [0.05, 0.1) is 14.2 Å². The Hall–Kier alpha value is -1.45. The van der Waals surface area contributed by atoms with Crippen LogP contribution in [0.5, 0.6) is 5.75 Å². The standard InChI is InChI=1S/C13H19BO3/c1-16-11-8-6-10(7-9-11)4-3-5-12(14)13(15)17-2/h6-9,12H,3-5,14H2,1-2H3. The molecular formula is C13H19BO3. The second-order valence-corrected chi connectivity index (χ2v) is 4.16. The summed E-state index contributed by atoms with van der Waals surface area (Å²) in [5.74, 6) is 0.731. The minimum absolute atomic E-state index is 0.0155. The zero-order valence-corrected chi connectivity index (χ0v) is 10.7. The first kappa shape index (κ1) is 13.6. The van der Waals surface area contributed by atoms with E-state index in [9.17, 15) is 4.79 Å². The summed E-state index contributed by atoms with van der Waals surface area (Å²) in [6.07, 6.45) is 2.83. The Balaban J connectivity index is 2.33. The third kappa shape index (κ3) is 4.51. The van der Waals surface area contributed by atoms with Gasteiger partial charge in [0.15, 0.2) is 0 Å². The van der Waals surface area contributed by atoms with Crippen LogP contribution in [0.4, 0.5) is 0 Å². The molecule has 0 spiro atoms. The molecule has 0 radical (unpaired) electrons. The monoisotopic (exact) mass is 234 g/mol. The Labute approximate surface area is 104 Å². The number of esters is 1. The van der Waals surface area contributed by atoms with Crippen molar-refractivity contribution in [2.75, 3.05) is 14.2 Å². The highest BCUT2D eigenvalue weighted by Crippen LogP contribution is 2.16. The van der Waals surface area contributed by atoms with Gasteiger partial charge in [-0.05, 0) is 37.0 Å². The summed E-state index contributed by atoms with van der Waals surface area (Å²) < 4.78 is 9.79.